The molecule has 0 atom stereocenters. The summed E-state index contributed by atoms with van der Waals surface area (Å²) in [5, 5.41) is 0. The number of benzene rings is 4. The number of hydrogen-bond acceptors (Lipinski definition) is 4. The number of anilines is 3. The zero-order valence-corrected chi connectivity index (χ0v) is 16.6. The Labute approximate surface area is 175 Å². The molecule has 0 N–H and O–H groups in total. The van der Waals surface area contributed by atoms with Crippen LogP contribution in [0.3, 0.4) is 0 Å². The number of carbonyl (C=O) groups is 1. The Morgan fingerprint density at radius 2 is 1.00 bits per heavy atom. The Morgan fingerprint density at radius 1 is 0.567 bits per heavy atom. The fourth-order valence-corrected chi connectivity index (χ4v) is 3.14. The summed E-state index contributed by atoms with van der Waals surface area (Å²) in [4.78, 5) is 13.3. The molecular formula is C26H21NO3. The summed E-state index contributed by atoms with van der Waals surface area (Å²) in [7, 11) is 0. The van der Waals surface area contributed by atoms with Crippen LogP contribution in [0.1, 0.15) is 6.92 Å². The van der Waals surface area contributed by atoms with Crippen molar-refractivity contribution in [3.05, 3.63) is 109 Å². The Kier molecular flexibility index (Phi) is 5.76. The van der Waals surface area contributed by atoms with E-state index in [0.717, 1.165) is 28.6 Å². The van der Waals surface area contributed by atoms with Crippen molar-refractivity contribution in [2.24, 2.45) is 0 Å². The minimum Gasteiger partial charge on any atom is -0.457 e. The number of hydrogen-bond donors (Lipinski definition) is 0. The van der Waals surface area contributed by atoms with E-state index in [1.165, 1.54) is 6.92 Å². The van der Waals surface area contributed by atoms with Gasteiger partial charge in [-0.1, -0.05) is 36.4 Å². The molecule has 148 valence electrons. The van der Waals surface area contributed by atoms with Crippen LogP contribution >= 0.6 is 0 Å². The molecule has 0 spiro atoms. The Bertz CT molecular complexity index is 1090. The smallest absolute Gasteiger partial charge is 0.308 e. The first-order valence-corrected chi connectivity index (χ1v) is 9.66. The zero-order chi connectivity index (χ0) is 20.8. The van der Waals surface area contributed by atoms with Crippen LogP contribution < -0.4 is 14.4 Å². The van der Waals surface area contributed by atoms with Crippen molar-refractivity contribution in [3.8, 4) is 17.2 Å². The summed E-state index contributed by atoms with van der Waals surface area (Å²) in [6, 6.07) is 35.2. The number of para-hydroxylation sites is 2. The molecule has 30 heavy (non-hydrogen) atoms. The predicted molar refractivity (Wildman–Crippen MR) is 119 cm³/mol. The van der Waals surface area contributed by atoms with Gasteiger partial charge in [0.2, 0.25) is 0 Å². The summed E-state index contributed by atoms with van der Waals surface area (Å²) in [6.45, 7) is 1.39. The molecule has 0 saturated heterocycles. The third kappa shape index (κ3) is 4.67. The number of rotatable bonds is 6. The Balaban J connectivity index is 1.64. The van der Waals surface area contributed by atoms with Crippen molar-refractivity contribution < 1.29 is 14.3 Å². The molecule has 4 heteroatoms. The van der Waals surface area contributed by atoms with Gasteiger partial charge in [0.15, 0.2) is 0 Å². The van der Waals surface area contributed by atoms with Gasteiger partial charge in [-0.05, 0) is 72.8 Å². The van der Waals surface area contributed by atoms with Gasteiger partial charge in [0, 0.05) is 24.0 Å². The molecule has 0 aliphatic carbocycles. The van der Waals surface area contributed by atoms with Crippen LogP contribution in [0.4, 0.5) is 17.1 Å². The number of esters is 1. The first-order valence-electron chi connectivity index (χ1n) is 9.66. The van der Waals surface area contributed by atoms with E-state index >= 15 is 0 Å². The second-order valence-electron chi connectivity index (χ2n) is 6.67. The summed E-state index contributed by atoms with van der Waals surface area (Å²) < 4.78 is 11.1. The van der Waals surface area contributed by atoms with Gasteiger partial charge in [-0.3, -0.25) is 4.79 Å². The fraction of sp³-hybridized carbons (Fsp3) is 0.0385. The van der Waals surface area contributed by atoms with Crippen molar-refractivity contribution in [3.63, 3.8) is 0 Å². The van der Waals surface area contributed by atoms with Gasteiger partial charge in [0.1, 0.15) is 17.2 Å². The maximum atomic E-state index is 11.2. The van der Waals surface area contributed by atoms with E-state index in [4.69, 9.17) is 9.47 Å². The second kappa shape index (κ2) is 8.97. The van der Waals surface area contributed by atoms with Crippen molar-refractivity contribution in [2.45, 2.75) is 6.92 Å². The van der Waals surface area contributed by atoms with Crippen molar-refractivity contribution in [1.29, 1.82) is 0 Å². The molecule has 4 nitrogen and oxygen atoms in total. The van der Waals surface area contributed by atoms with E-state index in [1.54, 1.807) is 12.1 Å². The molecule has 0 heterocycles. The van der Waals surface area contributed by atoms with Gasteiger partial charge in [-0.2, -0.15) is 0 Å². The number of ether oxygens (including phenoxy) is 2. The highest BCUT2D eigenvalue weighted by molar-refractivity contribution is 5.77. The van der Waals surface area contributed by atoms with Crippen LogP contribution in [-0.2, 0) is 4.79 Å². The highest BCUT2D eigenvalue weighted by atomic mass is 16.5. The first kappa shape index (κ1) is 19.3. The monoisotopic (exact) mass is 395 g/mol. The van der Waals surface area contributed by atoms with E-state index in [9.17, 15) is 4.79 Å². The van der Waals surface area contributed by atoms with Gasteiger partial charge < -0.3 is 14.4 Å². The van der Waals surface area contributed by atoms with Crippen LogP contribution in [0, 0.1) is 0 Å². The Morgan fingerprint density at radius 3 is 1.53 bits per heavy atom. The molecule has 4 aromatic rings. The average molecular weight is 395 g/mol. The molecule has 0 amide bonds. The van der Waals surface area contributed by atoms with Crippen molar-refractivity contribution >= 4 is 23.0 Å². The van der Waals surface area contributed by atoms with Gasteiger partial charge in [-0.15, -0.1) is 0 Å². The number of nitrogens with zero attached hydrogens (tertiary/aromatic N) is 1. The van der Waals surface area contributed by atoms with Crippen LogP contribution in [-0.4, -0.2) is 5.97 Å². The molecular weight excluding hydrogens is 374 g/mol. The summed E-state index contributed by atoms with van der Waals surface area (Å²) in [6.07, 6.45) is 0. The molecule has 0 fully saturated rings. The van der Waals surface area contributed by atoms with Crippen LogP contribution in [0.2, 0.25) is 0 Å². The molecule has 0 radical (unpaired) electrons. The third-order valence-electron chi connectivity index (χ3n) is 4.44. The van der Waals surface area contributed by atoms with Crippen LogP contribution in [0.5, 0.6) is 17.2 Å². The summed E-state index contributed by atoms with van der Waals surface area (Å²) in [5.74, 6) is 1.75. The molecule has 0 aliphatic heterocycles. The van der Waals surface area contributed by atoms with Crippen LogP contribution in [0.25, 0.3) is 0 Å². The van der Waals surface area contributed by atoms with E-state index in [2.05, 4.69) is 4.90 Å². The molecule has 0 unspecified atom stereocenters. The van der Waals surface area contributed by atoms with E-state index < -0.39 is 0 Å². The van der Waals surface area contributed by atoms with Crippen molar-refractivity contribution in [2.75, 3.05) is 4.90 Å². The number of carbonyl (C=O) groups excluding carboxylic acids is 1. The minimum atomic E-state index is -0.336. The maximum absolute atomic E-state index is 11.2. The van der Waals surface area contributed by atoms with Crippen LogP contribution in [0.15, 0.2) is 109 Å². The predicted octanol–water partition coefficient (Wildman–Crippen LogP) is 6.87. The molecule has 4 aromatic carbocycles. The Hall–Kier alpha value is -4.05. The van der Waals surface area contributed by atoms with Gasteiger partial charge in [0.25, 0.3) is 0 Å². The highest BCUT2D eigenvalue weighted by Gasteiger charge is 2.13. The lowest BCUT2D eigenvalue weighted by atomic mass is 10.2. The summed E-state index contributed by atoms with van der Waals surface area (Å²) >= 11 is 0. The molecule has 0 aromatic heterocycles. The average Bonchev–Trinajstić information content (AvgIpc) is 2.77. The van der Waals surface area contributed by atoms with E-state index in [-0.39, 0.29) is 5.97 Å². The van der Waals surface area contributed by atoms with Gasteiger partial charge >= 0.3 is 5.97 Å². The second-order valence-corrected chi connectivity index (χ2v) is 6.67. The van der Waals surface area contributed by atoms with Gasteiger partial charge in [0.05, 0.1) is 0 Å². The lowest BCUT2D eigenvalue weighted by molar-refractivity contribution is -0.131. The molecule has 0 bridgehead atoms. The maximum Gasteiger partial charge on any atom is 0.308 e. The first-order chi connectivity index (χ1) is 14.7. The zero-order valence-electron chi connectivity index (χ0n) is 16.6. The topological polar surface area (TPSA) is 38.8 Å². The fourth-order valence-electron chi connectivity index (χ4n) is 3.14. The minimum absolute atomic E-state index is 0.336. The molecule has 0 aliphatic rings. The van der Waals surface area contributed by atoms with Crippen molar-refractivity contribution in [1.82, 2.24) is 0 Å². The highest BCUT2D eigenvalue weighted by Crippen LogP contribution is 2.36. The summed E-state index contributed by atoms with van der Waals surface area (Å²) in [5.41, 5.74) is 2.96. The largest absolute Gasteiger partial charge is 0.457 e. The van der Waals surface area contributed by atoms with E-state index in [0.29, 0.717) is 5.75 Å². The SMILES string of the molecule is CC(=O)Oc1ccc(N(c2ccccc2)c2ccc(Oc3ccccc3)cc2)cc1. The normalized spacial score (nSPS) is 10.3. The standard InChI is InChI=1S/C26H21NO3/c1-20(28)29-25-16-12-22(13-17-25)27(21-8-4-2-5-9-21)23-14-18-26(19-15-23)30-24-10-6-3-7-11-24/h2-19H,1H3. The molecule has 4 rings (SSSR count). The molecule has 0 saturated carbocycles. The lowest BCUT2D eigenvalue weighted by Gasteiger charge is -2.25. The lowest BCUT2D eigenvalue weighted by Crippen LogP contribution is -2.10. The third-order valence-corrected chi connectivity index (χ3v) is 4.44. The van der Waals surface area contributed by atoms with E-state index in [1.807, 2.05) is 97.1 Å². The van der Waals surface area contributed by atoms with Gasteiger partial charge in [-0.25, -0.2) is 0 Å². The quantitative estimate of drug-likeness (QED) is 0.264.